The van der Waals surface area contributed by atoms with Gasteiger partial charge in [0.05, 0.1) is 5.69 Å². The van der Waals surface area contributed by atoms with E-state index >= 15 is 0 Å². The summed E-state index contributed by atoms with van der Waals surface area (Å²) in [5.74, 6) is -1.00. The molecule has 4 aromatic rings. The molecule has 0 radical (unpaired) electrons. The van der Waals surface area contributed by atoms with Crippen molar-refractivity contribution >= 4 is 46.1 Å². The molecule has 51 heavy (non-hydrogen) atoms. The van der Waals surface area contributed by atoms with Crippen LogP contribution in [0, 0.1) is 0 Å². The molecule has 0 saturated heterocycles. The third-order valence-electron chi connectivity index (χ3n) is 11.1. The van der Waals surface area contributed by atoms with E-state index in [2.05, 4.69) is 75.5 Å². The highest BCUT2D eigenvalue weighted by molar-refractivity contribution is 6.06. The van der Waals surface area contributed by atoms with Gasteiger partial charge in [-0.05, 0) is 93.2 Å². The molecular weight excluding hydrogens is 638 g/mol. The SMILES string of the molecule is CN(C)CCN1CCn2c(c(C3CCCCC3)c3ccc(C(=O)NC4(C(=O)Nc5ccc(/C=C/C(=O)O)cc5)CCCC4)cc32)-c2ccccc21. The first-order valence-corrected chi connectivity index (χ1v) is 18.5. The number of aromatic nitrogens is 1. The summed E-state index contributed by atoms with van der Waals surface area (Å²) in [6, 6.07) is 22.0. The Morgan fingerprint density at radius 1 is 0.922 bits per heavy atom. The maximum atomic E-state index is 14.2. The smallest absolute Gasteiger partial charge is 0.328 e. The third kappa shape index (κ3) is 7.17. The van der Waals surface area contributed by atoms with Crippen LogP contribution in [0.5, 0.6) is 0 Å². The first kappa shape index (κ1) is 34.6. The van der Waals surface area contributed by atoms with E-state index in [1.807, 2.05) is 6.07 Å². The highest BCUT2D eigenvalue weighted by Crippen LogP contribution is 2.47. The molecule has 9 nitrogen and oxygen atoms in total. The van der Waals surface area contributed by atoms with Crippen LogP contribution in [0.15, 0.2) is 72.8 Å². The zero-order valence-corrected chi connectivity index (χ0v) is 29.8. The molecule has 1 aromatic heterocycles. The van der Waals surface area contributed by atoms with Crippen molar-refractivity contribution in [3.63, 3.8) is 0 Å². The molecule has 9 heteroatoms. The number of nitrogens with zero attached hydrogens (tertiary/aromatic N) is 3. The number of hydrogen-bond donors (Lipinski definition) is 3. The van der Waals surface area contributed by atoms with E-state index < -0.39 is 11.5 Å². The van der Waals surface area contributed by atoms with Gasteiger partial charge in [-0.3, -0.25) is 9.59 Å². The molecule has 266 valence electrons. The lowest BCUT2D eigenvalue weighted by Crippen LogP contribution is -2.55. The molecule has 0 atom stereocenters. The second-order valence-electron chi connectivity index (χ2n) is 14.8. The van der Waals surface area contributed by atoms with Crippen molar-refractivity contribution in [2.45, 2.75) is 75.8 Å². The summed E-state index contributed by atoms with van der Waals surface area (Å²) in [5, 5.41) is 16.4. The largest absolute Gasteiger partial charge is 0.478 e. The van der Waals surface area contributed by atoms with Crippen molar-refractivity contribution in [3.8, 4) is 11.3 Å². The van der Waals surface area contributed by atoms with Crippen molar-refractivity contribution in [2.24, 2.45) is 0 Å². The number of benzene rings is 3. The second kappa shape index (κ2) is 14.8. The van der Waals surface area contributed by atoms with Crippen molar-refractivity contribution < 1.29 is 19.5 Å². The number of hydrogen-bond acceptors (Lipinski definition) is 5. The van der Waals surface area contributed by atoms with Crippen LogP contribution in [-0.4, -0.2) is 71.6 Å². The number of carbonyl (C=O) groups is 3. The zero-order valence-electron chi connectivity index (χ0n) is 29.8. The lowest BCUT2D eigenvalue weighted by atomic mass is 9.81. The number of carbonyl (C=O) groups excluding carboxylic acids is 2. The van der Waals surface area contributed by atoms with Crippen LogP contribution in [0.2, 0.25) is 0 Å². The van der Waals surface area contributed by atoms with Gasteiger partial charge in [-0.15, -0.1) is 0 Å². The van der Waals surface area contributed by atoms with Crippen LogP contribution < -0.4 is 15.5 Å². The quantitative estimate of drug-likeness (QED) is 0.149. The van der Waals surface area contributed by atoms with Crippen molar-refractivity contribution in [2.75, 3.05) is 43.9 Å². The van der Waals surface area contributed by atoms with Gasteiger partial charge in [0.15, 0.2) is 0 Å². The fraction of sp³-hybridized carbons (Fsp3) is 0.405. The summed E-state index contributed by atoms with van der Waals surface area (Å²) in [6.07, 6.45) is 11.6. The minimum Gasteiger partial charge on any atom is -0.478 e. The van der Waals surface area contributed by atoms with E-state index in [4.69, 9.17) is 5.11 Å². The average Bonchev–Trinajstić information content (AvgIpc) is 3.70. The number of para-hydroxylation sites is 1. The van der Waals surface area contributed by atoms with E-state index in [0.717, 1.165) is 50.6 Å². The van der Waals surface area contributed by atoms with Gasteiger partial charge in [0.25, 0.3) is 5.91 Å². The minimum absolute atomic E-state index is 0.228. The Kier molecular flexibility index (Phi) is 10.0. The topological polar surface area (TPSA) is 107 Å². The standard InChI is InChI=1S/C42H49N5O4/c1-45(2)24-25-46-26-27-47-36-28-31(17-20-33(36)38(30-10-4-3-5-11-30)39(47)34-12-6-7-13-35(34)46)40(50)44-42(22-8-9-23-42)41(51)43-32-18-14-29(15-19-32)16-21-37(48)49/h6-7,12-21,28,30H,3-5,8-11,22-27H2,1-2H3,(H,43,51)(H,44,50)(H,48,49)/b21-16+. The third-order valence-corrected chi connectivity index (χ3v) is 11.1. The molecule has 0 unspecified atom stereocenters. The van der Waals surface area contributed by atoms with Crippen LogP contribution >= 0.6 is 0 Å². The fourth-order valence-electron chi connectivity index (χ4n) is 8.46. The molecule has 1 aliphatic heterocycles. The van der Waals surface area contributed by atoms with Crippen LogP contribution in [0.3, 0.4) is 0 Å². The van der Waals surface area contributed by atoms with Crippen molar-refractivity contribution in [3.05, 3.63) is 89.5 Å². The Morgan fingerprint density at radius 2 is 1.67 bits per heavy atom. The molecule has 3 aromatic carbocycles. The van der Waals surface area contributed by atoms with Gasteiger partial charge in [-0.2, -0.15) is 0 Å². The molecule has 2 fully saturated rings. The molecule has 2 heterocycles. The number of carboxylic acid groups (broad SMARTS) is 1. The Balaban J connectivity index is 1.21. The molecule has 0 bridgehead atoms. The number of rotatable bonds is 10. The first-order chi connectivity index (χ1) is 24.7. The van der Waals surface area contributed by atoms with Crippen molar-refractivity contribution in [1.29, 1.82) is 0 Å². The maximum absolute atomic E-state index is 14.2. The normalized spacial score (nSPS) is 17.4. The highest BCUT2D eigenvalue weighted by Gasteiger charge is 2.43. The highest BCUT2D eigenvalue weighted by atomic mass is 16.4. The number of amides is 2. The molecule has 3 aliphatic rings. The second-order valence-corrected chi connectivity index (χ2v) is 14.8. The summed E-state index contributed by atoms with van der Waals surface area (Å²) < 4.78 is 2.47. The number of nitrogens with one attached hydrogen (secondary N) is 2. The number of aliphatic carboxylic acids is 1. The fourth-order valence-corrected chi connectivity index (χ4v) is 8.46. The molecule has 2 amide bonds. The first-order valence-electron chi connectivity index (χ1n) is 18.5. The Morgan fingerprint density at radius 3 is 2.39 bits per heavy atom. The Hall–Kier alpha value is -4.89. The summed E-state index contributed by atoms with van der Waals surface area (Å²) in [6.45, 7) is 3.61. The molecule has 3 N–H and O–H groups in total. The van der Waals surface area contributed by atoms with Crippen molar-refractivity contribution in [1.82, 2.24) is 14.8 Å². The number of carboxylic acids is 1. The number of fused-ring (bicyclic) bond motifs is 5. The van der Waals surface area contributed by atoms with Crippen LogP contribution in [-0.2, 0) is 16.1 Å². The molecule has 0 spiro atoms. The monoisotopic (exact) mass is 687 g/mol. The summed E-state index contributed by atoms with van der Waals surface area (Å²) in [4.78, 5) is 43.6. The van der Waals surface area contributed by atoms with E-state index in [1.165, 1.54) is 66.1 Å². The lowest BCUT2D eigenvalue weighted by Gasteiger charge is -2.29. The van der Waals surface area contributed by atoms with Gasteiger partial charge >= 0.3 is 5.97 Å². The van der Waals surface area contributed by atoms with Gasteiger partial charge in [-0.25, -0.2) is 4.79 Å². The van der Waals surface area contributed by atoms with Crippen LogP contribution in [0.25, 0.3) is 28.2 Å². The van der Waals surface area contributed by atoms with Crippen LogP contribution in [0.1, 0.15) is 85.2 Å². The van der Waals surface area contributed by atoms with Gasteiger partial charge in [-0.1, -0.05) is 68.5 Å². The molecule has 7 rings (SSSR count). The zero-order chi connectivity index (χ0) is 35.5. The summed E-state index contributed by atoms with van der Waals surface area (Å²) in [5.41, 5.74) is 7.22. The molecule has 2 saturated carbocycles. The average molecular weight is 688 g/mol. The van der Waals surface area contributed by atoms with Crippen LogP contribution in [0.4, 0.5) is 11.4 Å². The summed E-state index contributed by atoms with van der Waals surface area (Å²) >= 11 is 0. The predicted molar refractivity (Wildman–Crippen MR) is 204 cm³/mol. The van der Waals surface area contributed by atoms with Gasteiger partial charge in [0.2, 0.25) is 5.91 Å². The van der Waals surface area contributed by atoms with E-state index in [1.54, 1.807) is 24.3 Å². The number of anilines is 2. The van der Waals surface area contributed by atoms with E-state index in [9.17, 15) is 14.4 Å². The van der Waals surface area contributed by atoms with E-state index in [0.29, 0.717) is 35.6 Å². The minimum atomic E-state index is -1.02. The van der Waals surface area contributed by atoms with E-state index in [-0.39, 0.29) is 11.8 Å². The molecule has 2 aliphatic carbocycles. The predicted octanol–water partition coefficient (Wildman–Crippen LogP) is 7.52. The Labute approximate surface area is 300 Å². The van der Waals surface area contributed by atoms with Gasteiger partial charge in [0.1, 0.15) is 5.54 Å². The van der Waals surface area contributed by atoms with Gasteiger partial charge in [0, 0.05) is 65.7 Å². The summed E-state index contributed by atoms with van der Waals surface area (Å²) in [7, 11) is 4.24. The van der Waals surface area contributed by atoms with Gasteiger partial charge < -0.3 is 30.1 Å². The Bertz CT molecular complexity index is 1950. The number of likely N-dealkylation sites (N-methyl/N-ethyl adjacent to an activating group) is 1. The lowest BCUT2D eigenvalue weighted by molar-refractivity contribution is -0.131. The maximum Gasteiger partial charge on any atom is 0.328 e. The molecular formula is C42H49N5O4.